The molecule has 0 aliphatic carbocycles. The molecule has 0 saturated carbocycles. The third kappa shape index (κ3) is 2.56. The molecule has 1 heterocycles. The van der Waals surface area contributed by atoms with E-state index in [1.54, 1.807) is 0 Å². The first-order chi connectivity index (χ1) is 7.29. The van der Waals surface area contributed by atoms with Gasteiger partial charge in [-0.3, -0.25) is 16.2 Å². The Bertz CT molecular complexity index is 299. The van der Waals surface area contributed by atoms with Gasteiger partial charge in [0.1, 0.15) is 0 Å². The lowest BCUT2D eigenvalue weighted by molar-refractivity contribution is 0.257. The molecule has 1 fully saturated rings. The molecule has 1 aliphatic rings. The van der Waals surface area contributed by atoms with E-state index in [1.807, 2.05) is 0 Å². The maximum absolute atomic E-state index is 5.47. The topological polar surface area (TPSA) is 41.3 Å². The summed E-state index contributed by atoms with van der Waals surface area (Å²) in [5.74, 6) is 5.47. The van der Waals surface area contributed by atoms with Crippen LogP contribution in [0.4, 0.5) is 0 Å². The molecule has 1 aromatic carbocycles. The number of nitrogens with one attached hydrogen (secondary N) is 1. The molecule has 3 N–H and O–H groups in total. The van der Waals surface area contributed by atoms with Crippen molar-refractivity contribution in [2.45, 2.75) is 32.0 Å². The van der Waals surface area contributed by atoms with Gasteiger partial charge < -0.3 is 0 Å². The number of benzene rings is 1. The summed E-state index contributed by atoms with van der Waals surface area (Å²) in [5, 5.41) is 0. The van der Waals surface area contributed by atoms with Gasteiger partial charge in [-0.25, -0.2) is 0 Å². The minimum absolute atomic E-state index is 0.448. The molecule has 0 radical (unpaired) electrons. The molecule has 1 aliphatic heterocycles. The van der Waals surface area contributed by atoms with Crippen LogP contribution < -0.4 is 11.3 Å². The van der Waals surface area contributed by atoms with Crippen molar-refractivity contribution in [2.75, 3.05) is 6.54 Å². The van der Waals surface area contributed by atoms with Gasteiger partial charge in [-0.15, -0.1) is 0 Å². The highest BCUT2D eigenvalue weighted by molar-refractivity contribution is 5.15. The first-order valence-electron chi connectivity index (χ1n) is 5.53. The second-order valence-corrected chi connectivity index (χ2v) is 4.36. The molecule has 2 unspecified atom stereocenters. The predicted molar refractivity (Wildman–Crippen MR) is 62.0 cm³/mol. The van der Waals surface area contributed by atoms with E-state index < -0.39 is 0 Å². The maximum Gasteiger partial charge on any atom is 0.0352 e. The maximum atomic E-state index is 5.47. The average molecular weight is 205 g/mol. The van der Waals surface area contributed by atoms with E-state index >= 15 is 0 Å². The summed E-state index contributed by atoms with van der Waals surface area (Å²) < 4.78 is 0. The number of hydrogen-bond donors (Lipinski definition) is 2. The van der Waals surface area contributed by atoms with Crippen LogP contribution in [0.25, 0.3) is 0 Å². The molecule has 1 aromatic rings. The highest BCUT2D eigenvalue weighted by atomic mass is 15.3. The molecular weight excluding hydrogens is 186 g/mol. The van der Waals surface area contributed by atoms with Crippen molar-refractivity contribution in [2.24, 2.45) is 5.84 Å². The predicted octanol–water partition coefficient (Wildman–Crippen LogP) is 1.11. The average Bonchev–Trinajstić information content (AvgIpc) is 2.61. The molecular formula is C12H19N3. The number of nitrogens with two attached hydrogens (primary N) is 1. The van der Waals surface area contributed by atoms with Gasteiger partial charge in [-0.2, -0.15) is 0 Å². The molecule has 0 bridgehead atoms. The van der Waals surface area contributed by atoms with Crippen molar-refractivity contribution in [3.8, 4) is 0 Å². The number of likely N-dealkylation sites (tertiary alicyclic amines) is 1. The third-order valence-corrected chi connectivity index (χ3v) is 3.17. The van der Waals surface area contributed by atoms with E-state index in [-0.39, 0.29) is 0 Å². The molecule has 15 heavy (non-hydrogen) atoms. The summed E-state index contributed by atoms with van der Waals surface area (Å²) in [4.78, 5) is 2.47. The molecule has 2 atom stereocenters. The van der Waals surface area contributed by atoms with Crippen LogP contribution in [0.3, 0.4) is 0 Å². The SMILES string of the molecule is CC1CC(NN)CN1Cc1ccccc1. The monoisotopic (exact) mass is 205 g/mol. The van der Waals surface area contributed by atoms with Gasteiger partial charge in [0.25, 0.3) is 0 Å². The van der Waals surface area contributed by atoms with Crippen molar-refractivity contribution < 1.29 is 0 Å². The van der Waals surface area contributed by atoms with Crippen LogP contribution >= 0.6 is 0 Å². The highest BCUT2D eigenvalue weighted by Gasteiger charge is 2.27. The van der Waals surface area contributed by atoms with E-state index in [4.69, 9.17) is 5.84 Å². The summed E-state index contributed by atoms with van der Waals surface area (Å²) in [6.07, 6.45) is 1.14. The Hall–Kier alpha value is -0.900. The van der Waals surface area contributed by atoms with Crippen molar-refractivity contribution >= 4 is 0 Å². The van der Waals surface area contributed by atoms with Gasteiger partial charge in [0.05, 0.1) is 0 Å². The van der Waals surface area contributed by atoms with Crippen molar-refractivity contribution in [1.82, 2.24) is 10.3 Å². The Balaban J connectivity index is 1.96. The second-order valence-electron chi connectivity index (χ2n) is 4.36. The number of hydrazine groups is 1. The van der Waals surface area contributed by atoms with E-state index in [0.29, 0.717) is 12.1 Å². The Labute approximate surface area is 91.2 Å². The lowest BCUT2D eigenvalue weighted by atomic mass is 10.2. The standard InChI is InChI=1S/C12H19N3/c1-10-7-12(14-13)9-15(10)8-11-5-3-2-4-6-11/h2-6,10,12,14H,7-9,13H2,1H3. The Morgan fingerprint density at radius 1 is 1.40 bits per heavy atom. The third-order valence-electron chi connectivity index (χ3n) is 3.17. The van der Waals surface area contributed by atoms with Gasteiger partial charge in [-0.05, 0) is 18.9 Å². The highest BCUT2D eigenvalue weighted by Crippen LogP contribution is 2.19. The minimum Gasteiger partial charge on any atom is -0.295 e. The fourth-order valence-corrected chi connectivity index (χ4v) is 2.26. The number of rotatable bonds is 3. The zero-order valence-electron chi connectivity index (χ0n) is 9.19. The molecule has 0 amide bonds. The van der Waals surface area contributed by atoms with E-state index in [9.17, 15) is 0 Å². The van der Waals surface area contributed by atoms with Crippen LogP contribution in [0.5, 0.6) is 0 Å². The van der Waals surface area contributed by atoms with E-state index in [1.165, 1.54) is 5.56 Å². The van der Waals surface area contributed by atoms with Gasteiger partial charge in [0.2, 0.25) is 0 Å². The normalized spacial score (nSPS) is 27.1. The molecule has 3 nitrogen and oxygen atoms in total. The zero-order valence-corrected chi connectivity index (χ0v) is 9.19. The summed E-state index contributed by atoms with van der Waals surface area (Å²) in [6, 6.07) is 11.7. The van der Waals surface area contributed by atoms with Gasteiger partial charge >= 0.3 is 0 Å². The summed E-state index contributed by atoms with van der Waals surface area (Å²) in [5.41, 5.74) is 4.25. The Morgan fingerprint density at radius 2 is 2.13 bits per heavy atom. The van der Waals surface area contributed by atoms with Crippen molar-refractivity contribution in [3.05, 3.63) is 35.9 Å². The molecule has 1 saturated heterocycles. The zero-order chi connectivity index (χ0) is 10.7. The van der Waals surface area contributed by atoms with Gasteiger partial charge in [-0.1, -0.05) is 30.3 Å². The second kappa shape index (κ2) is 4.75. The fourth-order valence-electron chi connectivity index (χ4n) is 2.26. The summed E-state index contributed by atoms with van der Waals surface area (Å²) in [6.45, 7) is 4.34. The van der Waals surface area contributed by atoms with Crippen LogP contribution in [0.15, 0.2) is 30.3 Å². The molecule has 0 spiro atoms. The summed E-state index contributed by atoms with van der Waals surface area (Å²) in [7, 11) is 0. The van der Waals surface area contributed by atoms with Crippen LogP contribution in [0.1, 0.15) is 18.9 Å². The lowest BCUT2D eigenvalue weighted by Gasteiger charge is -2.20. The van der Waals surface area contributed by atoms with Crippen LogP contribution in [0.2, 0.25) is 0 Å². The first-order valence-corrected chi connectivity index (χ1v) is 5.53. The Morgan fingerprint density at radius 3 is 2.73 bits per heavy atom. The largest absolute Gasteiger partial charge is 0.295 e. The molecule has 3 heteroatoms. The lowest BCUT2D eigenvalue weighted by Crippen LogP contribution is -2.37. The molecule has 0 aromatic heterocycles. The fraction of sp³-hybridized carbons (Fsp3) is 0.500. The smallest absolute Gasteiger partial charge is 0.0352 e. The first kappa shape index (κ1) is 10.6. The molecule has 82 valence electrons. The van der Waals surface area contributed by atoms with Crippen LogP contribution in [-0.4, -0.2) is 23.5 Å². The number of nitrogens with zero attached hydrogens (tertiary/aromatic N) is 1. The molecule has 2 rings (SSSR count). The minimum atomic E-state index is 0.448. The summed E-state index contributed by atoms with van der Waals surface area (Å²) >= 11 is 0. The van der Waals surface area contributed by atoms with Gasteiger partial charge in [0.15, 0.2) is 0 Å². The quantitative estimate of drug-likeness (QED) is 0.574. The van der Waals surface area contributed by atoms with E-state index in [2.05, 4.69) is 47.6 Å². The van der Waals surface area contributed by atoms with Crippen LogP contribution in [-0.2, 0) is 6.54 Å². The number of hydrogen-bond acceptors (Lipinski definition) is 3. The van der Waals surface area contributed by atoms with Crippen molar-refractivity contribution in [1.29, 1.82) is 0 Å². The van der Waals surface area contributed by atoms with Crippen LogP contribution in [0, 0.1) is 0 Å². The Kier molecular flexibility index (Phi) is 3.36. The van der Waals surface area contributed by atoms with E-state index in [0.717, 1.165) is 19.5 Å². The van der Waals surface area contributed by atoms with Gasteiger partial charge in [0, 0.05) is 25.2 Å². The van der Waals surface area contributed by atoms with Crippen molar-refractivity contribution in [3.63, 3.8) is 0 Å².